The molecule has 0 unspecified atom stereocenters. The minimum Gasteiger partial charge on any atom is -0.493 e. The van der Waals surface area contributed by atoms with E-state index in [2.05, 4.69) is 9.98 Å². The Morgan fingerprint density at radius 1 is 1.32 bits per heavy atom. The van der Waals surface area contributed by atoms with E-state index >= 15 is 0 Å². The topological polar surface area (TPSA) is 87.4 Å². The van der Waals surface area contributed by atoms with Crippen LogP contribution < -0.4 is 11.2 Å². The lowest BCUT2D eigenvalue weighted by atomic mass is 10.2. The van der Waals surface area contributed by atoms with Gasteiger partial charge in [0, 0.05) is 5.02 Å². The fraction of sp³-hybridized carbons (Fsp3) is 0.267. The fourth-order valence-corrected chi connectivity index (χ4v) is 2.35. The van der Waals surface area contributed by atoms with Crippen LogP contribution in [0.4, 0.5) is 0 Å². The zero-order valence-electron chi connectivity index (χ0n) is 11.8. The van der Waals surface area contributed by atoms with Gasteiger partial charge in [-0.15, -0.1) is 0 Å². The van der Waals surface area contributed by atoms with Gasteiger partial charge in [0.25, 0.3) is 5.56 Å². The van der Waals surface area contributed by atoms with Gasteiger partial charge in [0.15, 0.2) is 0 Å². The molecule has 1 heterocycles. The minimum absolute atomic E-state index is 0.0152. The van der Waals surface area contributed by atoms with Crippen LogP contribution in [-0.2, 0) is 0 Å². The first kappa shape index (κ1) is 14.6. The molecule has 0 bridgehead atoms. The van der Waals surface area contributed by atoms with Gasteiger partial charge in [-0.3, -0.25) is 14.8 Å². The lowest BCUT2D eigenvalue weighted by Crippen LogP contribution is -2.32. The van der Waals surface area contributed by atoms with Gasteiger partial charge < -0.3 is 5.11 Å². The van der Waals surface area contributed by atoms with Gasteiger partial charge in [0.05, 0.1) is 17.4 Å². The summed E-state index contributed by atoms with van der Waals surface area (Å²) < 4.78 is 1.03. The molecule has 22 heavy (non-hydrogen) atoms. The summed E-state index contributed by atoms with van der Waals surface area (Å²) in [4.78, 5) is 30.6. The third-order valence-corrected chi connectivity index (χ3v) is 3.71. The first-order valence-corrected chi connectivity index (χ1v) is 7.24. The third-order valence-electron chi connectivity index (χ3n) is 3.46. The Kier molecular flexibility index (Phi) is 3.62. The van der Waals surface area contributed by atoms with Gasteiger partial charge in [0.2, 0.25) is 5.88 Å². The molecule has 1 saturated carbocycles. The van der Waals surface area contributed by atoms with E-state index in [1.54, 1.807) is 31.2 Å². The van der Waals surface area contributed by atoms with E-state index in [0.717, 1.165) is 17.4 Å². The molecule has 3 rings (SSSR count). The molecule has 2 aromatic rings. The molecule has 1 aromatic heterocycles. The number of aromatic nitrogens is 2. The summed E-state index contributed by atoms with van der Waals surface area (Å²) in [6.07, 6.45) is 1.96. The molecule has 2 N–H and O–H groups in total. The highest BCUT2D eigenvalue weighted by Gasteiger charge is 2.23. The Balaban J connectivity index is 2.21. The normalized spacial score (nSPS) is 15.1. The predicted molar refractivity (Wildman–Crippen MR) is 84.6 cm³/mol. The Bertz CT molecular complexity index is 861. The van der Waals surface area contributed by atoms with E-state index in [1.165, 1.54) is 0 Å². The van der Waals surface area contributed by atoms with Crippen molar-refractivity contribution in [2.24, 2.45) is 4.99 Å². The van der Waals surface area contributed by atoms with Crippen LogP contribution in [0.25, 0.3) is 5.69 Å². The van der Waals surface area contributed by atoms with Crippen LogP contribution in [0.5, 0.6) is 5.88 Å². The van der Waals surface area contributed by atoms with Crippen LogP contribution in [0.3, 0.4) is 0 Å². The van der Waals surface area contributed by atoms with Crippen LogP contribution in [0.1, 0.15) is 25.3 Å². The maximum atomic E-state index is 12.0. The largest absolute Gasteiger partial charge is 0.493 e. The van der Waals surface area contributed by atoms with Gasteiger partial charge in [-0.25, -0.2) is 9.36 Å². The van der Waals surface area contributed by atoms with Crippen molar-refractivity contribution in [3.8, 4) is 11.6 Å². The molecular weight excluding hydrogens is 306 g/mol. The van der Waals surface area contributed by atoms with Crippen LogP contribution in [0.15, 0.2) is 38.8 Å². The van der Waals surface area contributed by atoms with E-state index in [9.17, 15) is 14.7 Å². The van der Waals surface area contributed by atoms with Crippen LogP contribution >= 0.6 is 11.6 Å². The van der Waals surface area contributed by atoms with E-state index < -0.39 is 17.1 Å². The van der Waals surface area contributed by atoms with Gasteiger partial charge in [0.1, 0.15) is 5.56 Å². The Labute approximate surface area is 130 Å². The number of aromatic hydroxyl groups is 1. The van der Waals surface area contributed by atoms with Gasteiger partial charge in [-0.05, 0) is 44.0 Å². The standard InChI is InChI=1S/C15H14ClN3O3/c1-8(17-10-4-5-10)12-13(20)18-15(22)19(14(12)21)11-6-2-9(16)3-7-11/h2-3,6-7,10,21H,4-5H2,1H3,(H,18,20,22). The van der Waals surface area contributed by atoms with Crippen molar-refractivity contribution in [3.05, 3.63) is 55.7 Å². The molecule has 0 radical (unpaired) electrons. The number of hydrogen-bond donors (Lipinski definition) is 2. The zero-order valence-corrected chi connectivity index (χ0v) is 12.6. The molecule has 0 aliphatic heterocycles. The first-order chi connectivity index (χ1) is 10.5. The predicted octanol–water partition coefficient (Wildman–Crippen LogP) is 1.86. The number of benzene rings is 1. The summed E-state index contributed by atoms with van der Waals surface area (Å²) in [5.41, 5.74) is -0.517. The molecule has 0 spiro atoms. The lowest BCUT2D eigenvalue weighted by molar-refractivity contribution is 0.429. The molecule has 7 heteroatoms. The van der Waals surface area contributed by atoms with Crippen molar-refractivity contribution in [2.45, 2.75) is 25.8 Å². The number of nitrogens with zero attached hydrogens (tertiary/aromatic N) is 2. The van der Waals surface area contributed by atoms with Crippen molar-refractivity contribution in [1.29, 1.82) is 0 Å². The number of halogens is 1. The lowest BCUT2D eigenvalue weighted by Gasteiger charge is -2.11. The van der Waals surface area contributed by atoms with Crippen molar-refractivity contribution >= 4 is 17.3 Å². The Morgan fingerprint density at radius 2 is 1.95 bits per heavy atom. The zero-order chi connectivity index (χ0) is 15.9. The number of H-pyrrole nitrogens is 1. The van der Waals surface area contributed by atoms with E-state index in [0.29, 0.717) is 16.4 Å². The molecule has 1 fully saturated rings. The summed E-state index contributed by atoms with van der Waals surface area (Å²) in [5, 5.41) is 10.9. The highest BCUT2D eigenvalue weighted by molar-refractivity contribution is 6.30. The number of aliphatic imine (C=N–C) groups is 1. The molecule has 0 atom stereocenters. The van der Waals surface area contributed by atoms with Crippen LogP contribution in [0.2, 0.25) is 5.02 Å². The second-order valence-corrected chi connectivity index (χ2v) is 5.65. The van der Waals surface area contributed by atoms with Crippen LogP contribution in [0, 0.1) is 0 Å². The van der Waals surface area contributed by atoms with Crippen molar-refractivity contribution in [2.75, 3.05) is 0 Å². The summed E-state index contributed by atoms with van der Waals surface area (Å²) in [6, 6.07) is 6.56. The summed E-state index contributed by atoms with van der Waals surface area (Å²) in [5.74, 6) is -0.419. The quantitative estimate of drug-likeness (QED) is 0.846. The SMILES string of the molecule is CC(=NC1CC1)c1c(O)n(-c2ccc(Cl)cc2)c(=O)[nH]c1=O. The third kappa shape index (κ3) is 2.69. The van der Waals surface area contributed by atoms with E-state index in [1.807, 2.05) is 0 Å². The molecule has 1 aromatic carbocycles. The number of hydrogen-bond acceptors (Lipinski definition) is 4. The van der Waals surface area contributed by atoms with Gasteiger partial charge in [-0.2, -0.15) is 0 Å². The molecular formula is C15H14ClN3O3. The number of rotatable bonds is 3. The molecule has 1 aliphatic rings. The Morgan fingerprint density at radius 3 is 2.55 bits per heavy atom. The smallest absolute Gasteiger partial charge is 0.335 e. The van der Waals surface area contributed by atoms with E-state index in [4.69, 9.17) is 11.6 Å². The Hall–Kier alpha value is -2.34. The summed E-state index contributed by atoms with van der Waals surface area (Å²) >= 11 is 5.82. The maximum absolute atomic E-state index is 12.0. The average molecular weight is 320 g/mol. The van der Waals surface area contributed by atoms with Crippen molar-refractivity contribution in [1.82, 2.24) is 9.55 Å². The molecule has 0 amide bonds. The maximum Gasteiger partial charge on any atom is 0.335 e. The average Bonchev–Trinajstić information content (AvgIpc) is 3.24. The summed E-state index contributed by atoms with van der Waals surface area (Å²) in [7, 11) is 0. The van der Waals surface area contributed by atoms with Gasteiger partial charge in [-0.1, -0.05) is 11.6 Å². The summed E-state index contributed by atoms with van der Waals surface area (Å²) in [6.45, 7) is 1.65. The first-order valence-electron chi connectivity index (χ1n) is 6.86. The highest BCUT2D eigenvalue weighted by Crippen LogP contribution is 2.25. The fourth-order valence-electron chi connectivity index (χ4n) is 2.22. The monoisotopic (exact) mass is 319 g/mol. The van der Waals surface area contributed by atoms with Gasteiger partial charge >= 0.3 is 5.69 Å². The van der Waals surface area contributed by atoms with E-state index in [-0.39, 0.29) is 11.6 Å². The second-order valence-electron chi connectivity index (χ2n) is 5.22. The van der Waals surface area contributed by atoms with Crippen LogP contribution in [-0.4, -0.2) is 26.4 Å². The molecule has 0 saturated heterocycles. The minimum atomic E-state index is -0.715. The molecule has 6 nitrogen and oxygen atoms in total. The second kappa shape index (κ2) is 5.46. The van der Waals surface area contributed by atoms with Crippen molar-refractivity contribution in [3.63, 3.8) is 0 Å². The molecule has 1 aliphatic carbocycles. The number of nitrogens with one attached hydrogen (secondary N) is 1. The molecule has 114 valence electrons. The van der Waals surface area contributed by atoms with Crippen molar-refractivity contribution < 1.29 is 5.11 Å². The highest BCUT2D eigenvalue weighted by atomic mass is 35.5. The number of aromatic amines is 1.